The van der Waals surface area contributed by atoms with Crippen molar-refractivity contribution in [2.75, 3.05) is 20.8 Å². The van der Waals surface area contributed by atoms with Crippen LogP contribution in [0.2, 0.25) is 0 Å². The average molecular weight is 395 g/mol. The highest BCUT2D eigenvalue weighted by Gasteiger charge is 2.43. The maximum atomic E-state index is 12.1. The van der Waals surface area contributed by atoms with Gasteiger partial charge in [-0.05, 0) is 49.9 Å². The van der Waals surface area contributed by atoms with E-state index in [1.165, 1.54) is 38.4 Å². The van der Waals surface area contributed by atoms with Gasteiger partial charge >= 0.3 is 5.97 Å². The summed E-state index contributed by atoms with van der Waals surface area (Å²) >= 11 is 0. The number of nitriles is 1. The molecule has 0 bridgehead atoms. The zero-order chi connectivity index (χ0) is 20.2. The molecule has 0 unspecified atom stereocenters. The molecule has 1 aliphatic carbocycles. The van der Waals surface area contributed by atoms with Crippen LogP contribution in [-0.2, 0) is 24.4 Å². The minimum Gasteiger partial charge on any atom is -0.452 e. The van der Waals surface area contributed by atoms with Crippen LogP contribution in [0, 0.1) is 17.2 Å². The number of hydrogen-bond donors (Lipinski definition) is 1. The Bertz CT molecular complexity index is 858. The lowest BCUT2D eigenvalue weighted by Gasteiger charge is -2.22. The number of hydroxylamine groups is 1. The molecule has 1 saturated carbocycles. The van der Waals surface area contributed by atoms with Crippen molar-refractivity contribution >= 4 is 21.9 Å². The Morgan fingerprint density at radius 3 is 2.41 bits per heavy atom. The molecule has 1 aromatic carbocycles. The van der Waals surface area contributed by atoms with Gasteiger partial charge in [-0.2, -0.15) is 5.26 Å². The number of ether oxygens (including phenoxy) is 1. The molecule has 27 heavy (non-hydrogen) atoms. The van der Waals surface area contributed by atoms with Gasteiger partial charge in [0.25, 0.3) is 15.9 Å². The zero-order valence-electron chi connectivity index (χ0n) is 15.3. The van der Waals surface area contributed by atoms with Crippen LogP contribution in [0.5, 0.6) is 0 Å². The number of carbonyl (C=O) groups excluding carboxylic acids is 2. The van der Waals surface area contributed by atoms with Gasteiger partial charge in [0.05, 0.1) is 23.6 Å². The van der Waals surface area contributed by atoms with Crippen molar-refractivity contribution in [2.24, 2.45) is 5.92 Å². The van der Waals surface area contributed by atoms with Crippen LogP contribution in [0.3, 0.4) is 0 Å². The maximum absolute atomic E-state index is 12.1. The van der Waals surface area contributed by atoms with Gasteiger partial charge in [0.1, 0.15) is 5.54 Å². The molecule has 1 amide bonds. The molecular weight excluding hydrogens is 374 g/mol. The smallest absolute Gasteiger partial charge is 0.338 e. The van der Waals surface area contributed by atoms with Crippen LogP contribution in [0.1, 0.15) is 30.1 Å². The van der Waals surface area contributed by atoms with Crippen molar-refractivity contribution in [2.45, 2.75) is 30.2 Å². The molecule has 10 heteroatoms. The maximum Gasteiger partial charge on any atom is 0.338 e. The van der Waals surface area contributed by atoms with Crippen molar-refractivity contribution in [1.29, 1.82) is 5.26 Å². The molecule has 1 atom stereocenters. The molecule has 146 valence electrons. The number of nitrogens with one attached hydrogen (secondary N) is 1. The lowest BCUT2D eigenvalue weighted by molar-refractivity contribution is -0.125. The topological polar surface area (TPSA) is 126 Å². The van der Waals surface area contributed by atoms with Crippen molar-refractivity contribution < 1.29 is 27.6 Å². The fourth-order valence-corrected chi connectivity index (χ4v) is 3.40. The van der Waals surface area contributed by atoms with E-state index >= 15 is 0 Å². The third-order valence-corrected chi connectivity index (χ3v) is 6.04. The van der Waals surface area contributed by atoms with Gasteiger partial charge in [-0.25, -0.2) is 13.2 Å². The van der Waals surface area contributed by atoms with Crippen LogP contribution in [0.15, 0.2) is 29.2 Å². The number of amides is 1. The minimum atomic E-state index is -3.82. The Kier molecular flexibility index (Phi) is 6.20. The molecule has 1 aromatic rings. The first kappa shape index (κ1) is 20.8. The number of rotatable bonds is 8. The quantitative estimate of drug-likeness (QED) is 0.510. The molecule has 1 fully saturated rings. The summed E-state index contributed by atoms with van der Waals surface area (Å²) in [6.07, 6.45) is 1.75. The van der Waals surface area contributed by atoms with Crippen LogP contribution >= 0.6 is 0 Å². The normalized spacial score (nSPS) is 16.3. The van der Waals surface area contributed by atoms with E-state index in [2.05, 4.69) is 16.2 Å². The summed E-state index contributed by atoms with van der Waals surface area (Å²) in [4.78, 5) is 28.6. The highest BCUT2D eigenvalue weighted by molar-refractivity contribution is 7.89. The molecular formula is C17H21N3O6S. The van der Waals surface area contributed by atoms with Crippen LogP contribution < -0.4 is 5.32 Å². The van der Waals surface area contributed by atoms with Crippen LogP contribution in [-0.4, -0.2) is 51.1 Å². The van der Waals surface area contributed by atoms with Gasteiger partial charge < -0.3 is 10.1 Å². The molecule has 1 N–H and O–H groups in total. The number of nitrogens with zero attached hydrogens (tertiary/aromatic N) is 2. The molecule has 0 aromatic heterocycles. The third kappa shape index (κ3) is 4.82. The van der Waals surface area contributed by atoms with E-state index in [0.29, 0.717) is 4.47 Å². The summed E-state index contributed by atoms with van der Waals surface area (Å²) in [5, 5.41) is 11.8. The largest absolute Gasteiger partial charge is 0.452 e. The molecule has 1 aliphatic rings. The number of hydrogen-bond acceptors (Lipinski definition) is 7. The van der Waals surface area contributed by atoms with Crippen molar-refractivity contribution in [3.63, 3.8) is 0 Å². The minimum absolute atomic E-state index is 0.0598. The Labute approximate surface area is 157 Å². The summed E-state index contributed by atoms with van der Waals surface area (Å²) in [7, 11) is -1.36. The van der Waals surface area contributed by atoms with E-state index in [9.17, 15) is 23.3 Å². The summed E-state index contributed by atoms with van der Waals surface area (Å²) in [5.41, 5.74) is -0.876. The van der Waals surface area contributed by atoms with Crippen LogP contribution in [0.4, 0.5) is 0 Å². The monoisotopic (exact) mass is 395 g/mol. The molecule has 0 spiro atoms. The van der Waals surface area contributed by atoms with Crippen molar-refractivity contribution in [3.8, 4) is 6.07 Å². The first-order valence-electron chi connectivity index (χ1n) is 8.16. The van der Waals surface area contributed by atoms with E-state index in [-0.39, 0.29) is 16.4 Å². The van der Waals surface area contributed by atoms with Gasteiger partial charge in [0.2, 0.25) is 0 Å². The number of sulfonamides is 1. The fourth-order valence-electron chi connectivity index (χ4n) is 2.43. The zero-order valence-corrected chi connectivity index (χ0v) is 16.1. The van der Waals surface area contributed by atoms with Crippen molar-refractivity contribution in [1.82, 2.24) is 9.79 Å². The second kappa shape index (κ2) is 8.04. The molecule has 0 heterocycles. The predicted molar refractivity (Wildman–Crippen MR) is 93.6 cm³/mol. The van der Waals surface area contributed by atoms with E-state index in [4.69, 9.17) is 4.74 Å². The Hall–Kier alpha value is -2.48. The Morgan fingerprint density at radius 2 is 1.93 bits per heavy atom. The van der Waals surface area contributed by atoms with Crippen molar-refractivity contribution in [3.05, 3.63) is 29.8 Å². The first-order valence-corrected chi connectivity index (χ1v) is 9.60. The standard InChI is InChI=1S/C17H21N3O6S/c1-17(11-18,13-6-7-13)19-15(21)10-26-16(22)12-4-8-14(9-5-12)27(23,24)20(2)25-3/h4-5,8-9,13H,6-7,10H2,1-3H3,(H,19,21)/t17-/m0/s1. The van der Waals surface area contributed by atoms with Gasteiger partial charge in [-0.1, -0.05) is 4.47 Å². The summed E-state index contributed by atoms with van der Waals surface area (Å²) in [6.45, 7) is 1.11. The molecule has 2 rings (SSSR count). The second-order valence-electron chi connectivity index (χ2n) is 6.33. The van der Waals surface area contributed by atoms with E-state index in [1.807, 2.05) is 0 Å². The summed E-state index contributed by atoms with van der Waals surface area (Å²) in [6, 6.07) is 7.11. The van der Waals surface area contributed by atoms with E-state index in [1.54, 1.807) is 6.92 Å². The van der Waals surface area contributed by atoms with Gasteiger partial charge in [-0.15, -0.1) is 0 Å². The second-order valence-corrected chi connectivity index (χ2v) is 8.27. The van der Waals surface area contributed by atoms with Gasteiger partial charge in [0, 0.05) is 7.05 Å². The summed E-state index contributed by atoms with van der Waals surface area (Å²) in [5.74, 6) is -1.23. The van der Waals surface area contributed by atoms with E-state index in [0.717, 1.165) is 12.8 Å². The molecule has 9 nitrogen and oxygen atoms in total. The highest BCUT2D eigenvalue weighted by atomic mass is 32.2. The Morgan fingerprint density at radius 1 is 1.33 bits per heavy atom. The lowest BCUT2D eigenvalue weighted by Crippen LogP contribution is -2.48. The lowest BCUT2D eigenvalue weighted by atomic mass is 9.98. The first-order chi connectivity index (χ1) is 12.6. The average Bonchev–Trinajstić information content (AvgIpc) is 3.51. The SMILES string of the molecule is CON(C)S(=O)(=O)c1ccc(C(=O)OCC(=O)N[C@@](C)(C#N)C2CC2)cc1. The fraction of sp³-hybridized carbons (Fsp3) is 0.471. The number of carbonyl (C=O) groups is 2. The van der Waals surface area contributed by atoms with Gasteiger partial charge in [0.15, 0.2) is 6.61 Å². The predicted octanol–water partition coefficient (Wildman–Crippen LogP) is 0.834. The third-order valence-electron chi connectivity index (χ3n) is 4.34. The van der Waals surface area contributed by atoms with E-state index < -0.39 is 34.0 Å². The molecule has 0 aliphatic heterocycles. The van der Waals surface area contributed by atoms with Gasteiger partial charge in [-0.3, -0.25) is 9.63 Å². The molecule has 0 saturated heterocycles. The molecule has 0 radical (unpaired) electrons. The van der Waals surface area contributed by atoms with Crippen LogP contribution in [0.25, 0.3) is 0 Å². The number of esters is 1. The highest BCUT2D eigenvalue weighted by Crippen LogP contribution is 2.39. The Balaban J connectivity index is 1.95. The summed E-state index contributed by atoms with van der Waals surface area (Å²) < 4.78 is 29.8. The number of benzene rings is 1.